The molecular weight excluding hydrogens is 346 g/mol. The summed E-state index contributed by atoms with van der Waals surface area (Å²) >= 11 is 0. The first-order valence-electron chi connectivity index (χ1n) is 8.08. The van der Waals surface area contributed by atoms with Gasteiger partial charge in [-0.1, -0.05) is 6.07 Å². The lowest BCUT2D eigenvalue weighted by atomic mass is 10.2. The zero-order valence-corrected chi connectivity index (χ0v) is 14.5. The van der Waals surface area contributed by atoms with Crippen molar-refractivity contribution in [3.63, 3.8) is 0 Å². The summed E-state index contributed by atoms with van der Waals surface area (Å²) in [6, 6.07) is 16.6. The number of methoxy groups -OCH3 is 1. The van der Waals surface area contributed by atoms with E-state index in [0.717, 1.165) is 0 Å². The Hall–Kier alpha value is -3.87. The molecule has 0 spiro atoms. The Balaban J connectivity index is 1.57. The number of carbonyl (C=O) groups excluding carboxylic acids is 2. The maximum atomic E-state index is 12.2. The van der Waals surface area contributed by atoms with Crippen molar-refractivity contribution < 1.29 is 19.1 Å². The maximum Gasteiger partial charge on any atom is 0.269 e. The van der Waals surface area contributed by atoms with Crippen LogP contribution in [0, 0.1) is 0 Å². The van der Waals surface area contributed by atoms with E-state index >= 15 is 0 Å². The highest BCUT2D eigenvalue weighted by Gasteiger charge is 2.10. The normalized spacial score (nSPS) is 9.96. The zero-order chi connectivity index (χ0) is 19.1. The molecule has 0 atom stereocenters. The van der Waals surface area contributed by atoms with E-state index in [1.165, 1.54) is 7.11 Å². The highest BCUT2D eigenvalue weighted by Crippen LogP contribution is 2.20. The van der Waals surface area contributed by atoms with Gasteiger partial charge < -0.3 is 9.47 Å². The van der Waals surface area contributed by atoms with E-state index in [1.807, 2.05) is 0 Å². The van der Waals surface area contributed by atoms with Gasteiger partial charge in [0.25, 0.3) is 11.8 Å². The Morgan fingerprint density at radius 2 is 1.41 bits per heavy atom. The van der Waals surface area contributed by atoms with Gasteiger partial charge in [-0.15, -0.1) is 0 Å². The molecule has 2 N–H and O–H groups in total. The van der Waals surface area contributed by atoms with Gasteiger partial charge in [0.05, 0.1) is 7.11 Å². The van der Waals surface area contributed by atoms with Crippen LogP contribution >= 0.6 is 0 Å². The Bertz CT molecular complexity index is 927. The lowest BCUT2D eigenvalue weighted by Crippen LogP contribution is -2.41. The third-order valence-corrected chi connectivity index (χ3v) is 3.62. The molecule has 7 heteroatoms. The quantitative estimate of drug-likeness (QED) is 0.680. The zero-order valence-electron chi connectivity index (χ0n) is 14.5. The molecule has 0 saturated heterocycles. The molecule has 0 aliphatic rings. The van der Waals surface area contributed by atoms with Gasteiger partial charge in [0, 0.05) is 23.5 Å². The van der Waals surface area contributed by atoms with Gasteiger partial charge in [0.2, 0.25) is 0 Å². The summed E-state index contributed by atoms with van der Waals surface area (Å²) in [6.45, 7) is 0. The summed E-state index contributed by atoms with van der Waals surface area (Å²) in [4.78, 5) is 28.2. The van der Waals surface area contributed by atoms with Crippen molar-refractivity contribution in [2.75, 3.05) is 7.11 Å². The summed E-state index contributed by atoms with van der Waals surface area (Å²) in [5.74, 6) is 0.895. The van der Waals surface area contributed by atoms with Crippen LogP contribution in [0.4, 0.5) is 0 Å². The van der Waals surface area contributed by atoms with Crippen LogP contribution < -0.4 is 20.3 Å². The van der Waals surface area contributed by atoms with E-state index in [0.29, 0.717) is 28.4 Å². The van der Waals surface area contributed by atoms with Crippen LogP contribution in [0.25, 0.3) is 0 Å². The van der Waals surface area contributed by atoms with Crippen LogP contribution in [0.3, 0.4) is 0 Å². The molecule has 136 valence electrons. The first-order chi connectivity index (χ1) is 13.2. The molecule has 0 unspecified atom stereocenters. The van der Waals surface area contributed by atoms with Gasteiger partial charge in [0.15, 0.2) is 0 Å². The minimum atomic E-state index is -0.445. The van der Waals surface area contributed by atoms with Crippen LogP contribution in [0.15, 0.2) is 73.1 Å². The molecule has 0 radical (unpaired) electrons. The van der Waals surface area contributed by atoms with Crippen LogP contribution in [0.5, 0.6) is 17.2 Å². The predicted molar refractivity (Wildman–Crippen MR) is 98.7 cm³/mol. The first-order valence-corrected chi connectivity index (χ1v) is 8.08. The number of ether oxygens (including phenoxy) is 2. The molecule has 3 rings (SSSR count). The van der Waals surface area contributed by atoms with Crippen molar-refractivity contribution in [2.45, 2.75) is 0 Å². The second kappa shape index (κ2) is 8.48. The number of hydrogen-bond acceptors (Lipinski definition) is 5. The number of hydrogen-bond donors (Lipinski definition) is 2. The van der Waals surface area contributed by atoms with Gasteiger partial charge in [-0.05, 0) is 54.6 Å². The Morgan fingerprint density at radius 1 is 0.778 bits per heavy atom. The van der Waals surface area contributed by atoms with Crippen molar-refractivity contribution in [2.24, 2.45) is 0 Å². The number of hydrazine groups is 1. The molecule has 0 bridgehead atoms. The van der Waals surface area contributed by atoms with Crippen LogP contribution in [-0.2, 0) is 0 Å². The maximum absolute atomic E-state index is 12.2. The van der Waals surface area contributed by atoms with Crippen LogP contribution in [0.2, 0.25) is 0 Å². The SMILES string of the molecule is COc1cccc(C(=O)NNC(=O)c2ccc(Oc3ccncc3)cc2)c1. The van der Waals surface area contributed by atoms with Gasteiger partial charge >= 0.3 is 0 Å². The molecule has 0 fully saturated rings. The van der Waals surface area contributed by atoms with E-state index in [2.05, 4.69) is 15.8 Å². The number of aromatic nitrogens is 1. The number of nitrogens with zero attached hydrogens (tertiary/aromatic N) is 1. The van der Waals surface area contributed by atoms with E-state index < -0.39 is 11.8 Å². The number of pyridine rings is 1. The summed E-state index contributed by atoms with van der Waals surface area (Å²) in [5.41, 5.74) is 5.50. The van der Waals surface area contributed by atoms with Crippen molar-refractivity contribution in [3.8, 4) is 17.2 Å². The number of amides is 2. The highest BCUT2D eigenvalue weighted by molar-refractivity contribution is 5.99. The van der Waals surface area contributed by atoms with Gasteiger partial charge in [-0.25, -0.2) is 0 Å². The summed E-state index contributed by atoms with van der Waals surface area (Å²) < 4.78 is 10.7. The molecule has 2 amide bonds. The van der Waals surface area contributed by atoms with Gasteiger partial charge in [0.1, 0.15) is 17.2 Å². The fourth-order valence-corrected chi connectivity index (χ4v) is 2.24. The second-order valence-electron chi connectivity index (χ2n) is 5.45. The third kappa shape index (κ3) is 4.82. The summed E-state index contributed by atoms with van der Waals surface area (Å²) in [5, 5.41) is 0. The second-order valence-corrected chi connectivity index (χ2v) is 5.45. The van der Waals surface area contributed by atoms with E-state index in [1.54, 1.807) is 73.1 Å². The average Bonchev–Trinajstić information content (AvgIpc) is 2.73. The standard InChI is InChI=1S/C20H17N3O4/c1-26-18-4-2-3-15(13-18)20(25)23-22-19(24)14-5-7-16(8-6-14)27-17-9-11-21-12-10-17/h2-13H,1H3,(H,22,24)(H,23,25). The summed E-state index contributed by atoms with van der Waals surface area (Å²) in [7, 11) is 1.51. The lowest BCUT2D eigenvalue weighted by molar-refractivity contribution is 0.0846. The van der Waals surface area contributed by atoms with Crippen molar-refractivity contribution >= 4 is 11.8 Å². The Labute approximate surface area is 155 Å². The first kappa shape index (κ1) is 17.9. The predicted octanol–water partition coefficient (Wildman–Crippen LogP) is 2.96. The fourth-order valence-electron chi connectivity index (χ4n) is 2.24. The molecule has 7 nitrogen and oxygen atoms in total. The van der Waals surface area contributed by atoms with Gasteiger partial charge in [-0.2, -0.15) is 0 Å². The average molecular weight is 363 g/mol. The fraction of sp³-hybridized carbons (Fsp3) is 0.0500. The number of rotatable bonds is 5. The molecule has 3 aromatic rings. The molecule has 0 aliphatic heterocycles. The third-order valence-electron chi connectivity index (χ3n) is 3.62. The molecule has 1 heterocycles. The molecule has 0 aliphatic carbocycles. The summed E-state index contributed by atoms with van der Waals surface area (Å²) in [6.07, 6.45) is 3.25. The molecule has 27 heavy (non-hydrogen) atoms. The molecule has 1 aromatic heterocycles. The van der Waals surface area contributed by atoms with Crippen LogP contribution in [-0.4, -0.2) is 23.9 Å². The Morgan fingerprint density at radius 3 is 2.07 bits per heavy atom. The Kier molecular flexibility index (Phi) is 5.64. The van der Waals surface area contributed by atoms with Crippen molar-refractivity contribution in [3.05, 3.63) is 84.2 Å². The molecule has 0 saturated carbocycles. The minimum absolute atomic E-state index is 0.371. The molecule has 2 aromatic carbocycles. The van der Waals surface area contributed by atoms with E-state index in [9.17, 15) is 9.59 Å². The highest BCUT2D eigenvalue weighted by atomic mass is 16.5. The van der Waals surface area contributed by atoms with Crippen molar-refractivity contribution in [1.82, 2.24) is 15.8 Å². The topological polar surface area (TPSA) is 89.6 Å². The van der Waals surface area contributed by atoms with Gasteiger partial charge in [-0.3, -0.25) is 25.4 Å². The number of nitrogens with one attached hydrogen (secondary N) is 2. The van der Waals surface area contributed by atoms with Crippen molar-refractivity contribution in [1.29, 1.82) is 0 Å². The van der Waals surface area contributed by atoms with Crippen LogP contribution in [0.1, 0.15) is 20.7 Å². The number of carbonyl (C=O) groups is 2. The van der Waals surface area contributed by atoms with E-state index in [4.69, 9.17) is 9.47 Å². The molecular formula is C20H17N3O4. The van der Waals surface area contributed by atoms with E-state index in [-0.39, 0.29) is 0 Å². The monoisotopic (exact) mass is 363 g/mol. The largest absolute Gasteiger partial charge is 0.497 e. The lowest BCUT2D eigenvalue weighted by Gasteiger charge is -2.09. The number of benzene rings is 2. The smallest absolute Gasteiger partial charge is 0.269 e. The minimum Gasteiger partial charge on any atom is -0.497 e.